The molecule has 0 bridgehead atoms. The normalized spacial score (nSPS) is 13.2. The summed E-state index contributed by atoms with van der Waals surface area (Å²) in [5.74, 6) is 0. The Labute approximate surface area is 78.7 Å². The molecule has 1 rings (SSSR count). The fraction of sp³-hybridized carbons (Fsp3) is 0.667. The summed E-state index contributed by atoms with van der Waals surface area (Å²) in [7, 11) is 3.61. The number of hydrogen-bond donors (Lipinski definition) is 1. The van der Waals surface area contributed by atoms with Crippen LogP contribution in [0.4, 0.5) is 0 Å². The summed E-state index contributed by atoms with van der Waals surface area (Å²) in [5.41, 5.74) is 7.04. The number of hydrogen-bond acceptors (Lipinski definition) is 3. The molecule has 74 valence electrons. The molecule has 1 atom stereocenters. The highest BCUT2D eigenvalue weighted by Gasteiger charge is 2.08. The van der Waals surface area contributed by atoms with Crippen molar-refractivity contribution in [3.05, 3.63) is 18.0 Å². The number of ether oxygens (including phenoxy) is 1. The zero-order chi connectivity index (χ0) is 9.68. The average molecular weight is 183 g/mol. The first-order valence-electron chi connectivity index (χ1n) is 4.48. The first kappa shape index (κ1) is 10.2. The number of nitrogens with zero attached hydrogens (tertiary/aromatic N) is 2. The van der Waals surface area contributed by atoms with Crippen molar-refractivity contribution in [1.82, 2.24) is 9.78 Å². The van der Waals surface area contributed by atoms with E-state index in [1.807, 2.05) is 17.8 Å². The van der Waals surface area contributed by atoms with Gasteiger partial charge in [0.1, 0.15) is 0 Å². The van der Waals surface area contributed by atoms with Crippen molar-refractivity contribution in [2.24, 2.45) is 12.8 Å². The molecule has 0 saturated heterocycles. The largest absolute Gasteiger partial charge is 0.385 e. The van der Waals surface area contributed by atoms with Crippen LogP contribution in [0.2, 0.25) is 0 Å². The molecule has 0 aliphatic heterocycles. The van der Waals surface area contributed by atoms with Gasteiger partial charge in [0.15, 0.2) is 0 Å². The highest BCUT2D eigenvalue weighted by Crippen LogP contribution is 2.13. The molecule has 4 nitrogen and oxygen atoms in total. The van der Waals surface area contributed by atoms with Crippen LogP contribution in [0, 0.1) is 0 Å². The van der Waals surface area contributed by atoms with Gasteiger partial charge in [0, 0.05) is 33.0 Å². The van der Waals surface area contributed by atoms with Gasteiger partial charge in [-0.3, -0.25) is 4.68 Å². The van der Waals surface area contributed by atoms with Crippen molar-refractivity contribution in [3.63, 3.8) is 0 Å². The van der Waals surface area contributed by atoms with Gasteiger partial charge in [-0.05, 0) is 18.9 Å². The Kier molecular flexibility index (Phi) is 3.92. The first-order valence-corrected chi connectivity index (χ1v) is 4.48. The van der Waals surface area contributed by atoms with E-state index in [0.29, 0.717) is 0 Å². The fourth-order valence-corrected chi connectivity index (χ4v) is 1.34. The molecule has 2 N–H and O–H groups in total. The Bertz CT molecular complexity index is 247. The van der Waals surface area contributed by atoms with E-state index < -0.39 is 0 Å². The lowest BCUT2D eigenvalue weighted by Crippen LogP contribution is -2.15. The van der Waals surface area contributed by atoms with Crippen LogP contribution in [-0.4, -0.2) is 23.5 Å². The Morgan fingerprint density at radius 1 is 1.69 bits per heavy atom. The third-order valence-corrected chi connectivity index (χ3v) is 2.10. The second-order valence-corrected chi connectivity index (χ2v) is 3.12. The van der Waals surface area contributed by atoms with Crippen molar-refractivity contribution >= 4 is 0 Å². The van der Waals surface area contributed by atoms with Gasteiger partial charge in [-0.1, -0.05) is 0 Å². The van der Waals surface area contributed by atoms with Crippen molar-refractivity contribution in [1.29, 1.82) is 0 Å². The zero-order valence-electron chi connectivity index (χ0n) is 8.23. The molecular weight excluding hydrogens is 166 g/mol. The van der Waals surface area contributed by atoms with Gasteiger partial charge in [-0.25, -0.2) is 0 Å². The average Bonchev–Trinajstić information content (AvgIpc) is 2.52. The Hall–Kier alpha value is -0.870. The van der Waals surface area contributed by atoms with Crippen molar-refractivity contribution in [3.8, 4) is 0 Å². The molecule has 0 fully saturated rings. The van der Waals surface area contributed by atoms with Gasteiger partial charge in [0.05, 0.1) is 5.69 Å². The summed E-state index contributed by atoms with van der Waals surface area (Å²) >= 11 is 0. The predicted molar refractivity (Wildman–Crippen MR) is 51.2 cm³/mol. The highest BCUT2D eigenvalue weighted by molar-refractivity contribution is 5.05. The number of nitrogens with two attached hydrogens (primary N) is 1. The third kappa shape index (κ3) is 2.82. The topological polar surface area (TPSA) is 53.1 Å². The van der Waals surface area contributed by atoms with E-state index in [0.717, 1.165) is 25.1 Å². The molecule has 0 amide bonds. The molecule has 0 aliphatic carbocycles. The van der Waals surface area contributed by atoms with Crippen LogP contribution in [0.3, 0.4) is 0 Å². The molecule has 0 saturated carbocycles. The summed E-state index contributed by atoms with van der Waals surface area (Å²) in [6.45, 7) is 0.769. The maximum absolute atomic E-state index is 5.96. The predicted octanol–water partition coefficient (Wildman–Crippen LogP) is 0.847. The van der Waals surface area contributed by atoms with E-state index in [-0.39, 0.29) is 6.04 Å². The third-order valence-electron chi connectivity index (χ3n) is 2.10. The standard InChI is InChI=1S/C9H17N3O/c1-12-9(5-6-11-12)8(10)4-3-7-13-2/h5-6,8H,3-4,7,10H2,1-2H3. The van der Waals surface area contributed by atoms with Crippen molar-refractivity contribution in [2.75, 3.05) is 13.7 Å². The molecule has 1 unspecified atom stereocenters. The van der Waals surface area contributed by atoms with Crippen LogP contribution in [0.15, 0.2) is 12.3 Å². The van der Waals surface area contributed by atoms with Gasteiger partial charge >= 0.3 is 0 Å². The van der Waals surface area contributed by atoms with E-state index in [2.05, 4.69) is 5.10 Å². The minimum absolute atomic E-state index is 0.0719. The van der Waals surface area contributed by atoms with Crippen LogP contribution in [0.1, 0.15) is 24.6 Å². The molecule has 0 aliphatic rings. The minimum Gasteiger partial charge on any atom is -0.385 e. The highest BCUT2D eigenvalue weighted by atomic mass is 16.5. The summed E-state index contributed by atoms with van der Waals surface area (Å²) < 4.78 is 6.78. The number of rotatable bonds is 5. The lowest BCUT2D eigenvalue weighted by atomic mass is 10.1. The quantitative estimate of drug-likeness (QED) is 0.688. The van der Waals surface area contributed by atoms with E-state index in [1.54, 1.807) is 13.3 Å². The van der Waals surface area contributed by atoms with Crippen LogP contribution in [-0.2, 0) is 11.8 Å². The summed E-state index contributed by atoms with van der Waals surface area (Å²) in [6.07, 6.45) is 3.70. The lowest BCUT2D eigenvalue weighted by Gasteiger charge is -2.11. The first-order chi connectivity index (χ1) is 6.25. The Morgan fingerprint density at radius 3 is 3.00 bits per heavy atom. The fourth-order valence-electron chi connectivity index (χ4n) is 1.34. The van der Waals surface area contributed by atoms with Gasteiger partial charge in [0.2, 0.25) is 0 Å². The van der Waals surface area contributed by atoms with Crippen LogP contribution < -0.4 is 5.73 Å². The van der Waals surface area contributed by atoms with Crippen LogP contribution >= 0.6 is 0 Å². The summed E-state index contributed by atoms with van der Waals surface area (Å²) in [6, 6.07) is 2.03. The van der Waals surface area contributed by atoms with Crippen LogP contribution in [0.5, 0.6) is 0 Å². The number of methoxy groups -OCH3 is 1. The number of aromatic nitrogens is 2. The van der Waals surface area contributed by atoms with Crippen molar-refractivity contribution < 1.29 is 4.74 Å². The van der Waals surface area contributed by atoms with Gasteiger partial charge < -0.3 is 10.5 Å². The van der Waals surface area contributed by atoms with Gasteiger partial charge in [0.25, 0.3) is 0 Å². The molecule has 1 aromatic rings. The molecule has 4 heteroatoms. The molecule has 0 spiro atoms. The number of aryl methyl sites for hydroxylation is 1. The Morgan fingerprint density at radius 2 is 2.46 bits per heavy atom. The van der Waals surface area contributed by atoms with E-state index in [4.69, 9.17) is 10.5 Å². The summed E-state index contributed by atoms with van der Waals surface area (Å²) in [4.78, 5) is 0. The van der Waals surface area contributed by atoms with E-state index >= 15 is 0 Å². The second-order valence-electron chi connectivity index (χ2n) is 3.12. The van der Waals surface area contributed by atoms with Crippen molar-refractivity contribution in [2.45, 2.75) is 18.9 Å². The minimum atomic E-state index is 0.0719. The van der Waals surface area contributed by atoms with Gasteiger partial charge in [-0.15, -0.1) is 0 Å². The Balaban J connectivity index is 2.39. The van der Waals surface area contributed by atoms with E-state index in [1.165, 1.54) is 0 Å². The molecular formula is C9H17N3O. The van der Waals surface area contributed by atoms with Gasteiger partial charge in [-0.2, -0.15) is 5.10 Å². The summed E-state index contributed by atoms with van der Waals surface area (Å²) in [5, 5.41) is 4.07. The maximum Gasteiger partial charge on any atom is 0.0548 e. The van der Waals surface area contributed by atoms with Crippen LogP contribution in [0.25, 0.3) is 0 Å². The molecule has 0 radical (unpaired) electrons. The smallest absolute Gasteiger partial charge is 0.0548 e. The lowest BCUT2D eigenvalue weighted by molar-refractivity contribution is 0.190. The molecule has 0 aromatic carbocycles. The monoisotopic (exact) mass is 183 g/mol. The maximum atomic E-state index is 5.96. The zero-order valence-corrected chi connectivity index (χ0v) is 8.23. The van der Waals surface area contributed by atoms with E-state index in [9.17, 15) is 0 Å². The molecule has 1 heterocycles. The SMILES string of the molecule is COCCCC(N)c1ccnn1C. The second kappa shape index (κ2) is 4.99. The molecule has 13 heavy (non-hydrogen) atoms. The molecule has 1 aromatic heterocycles.